The first-order valence-corrected chi connectivity index (χ1v) is 7.13. The van der Waals surface area contributed by atoms with Gasteiger partial charge in [-0.25, -0.2) is 4.39 Å². The minimum atomic E-state index is -0.360. The van der Waals surface area contributed by atoms with E-state index in [9.17, 15) is 9.18 Å². The maximum absolute atomic E-state index is 14.2. The van der Waals surface area contributed by atoms with Gasteiger partial charge in [-0.15, -0.1) is 0 Å². The molecule has 2 unspecified atom stereocenters. The van der Waals surface area contributed by atoms with Gasteiger partial charge in [0.25, 0.3) is 0 Å². The molecule has 5 heteroatoms. The molecule has 3 rings (SSSR count). The molecular formula is C15H19FN2O2. The van der Waals surface area contributed by atoms with Gasteiger partial charge in [-0.3, -0.25) is 4.79 Å². The third-order valence-electron chi connectivity index (χ3n) is 4.06. The predicted octanol–water partition coefficient (Wildman–Crippen LogP) is 2.28. The fourth-order valence-corrected chi connectivity index (χ4v) is 2.95. The third kappa shape index (κ3) is 2.69. The summed E-state index contributed by atoms with van der Waals surface area (Å²) in [5.41, 5.74) is 8.19. The van der Waals surface area contributed by atoms with Gasteiger partial charge in [-0.05, 0) is 43.4 Å². The summed E-state index contributed by atoms with van der Waals surface area (Å²) in [4.78, 5) is 11.3. The number of aryl methyl sites for hydroxylation is 1. The first-order valence-electron chi connectivity index (χ1n) is 7.13. The highest BCUT2D eigenvalue weighted by molar-refractivity contribution is 5.93. The fraction of sp³-hybridized carbons (Fsp3) is 0.533. The van der Waals surface area contributed by atoms with Gasteiger partial charge in [0.1, 0.15) is 5.82 Å². The number of nitrogens with two attached hydrogens (primary N) is 1. The SMILES string of the molecule is NC(CC1CCCO1)c1cc2c(cc1F)NC(=O)CC2. The molecule has 0 aromatic heterocycles. The van der Waals surface area contributed by atoms with Crippen LogP contribution in [0.25, 0.3) is 0 Å². The standard InChI is InChI=1S/C15H19FN2O2/c16-12-8-14-9(3-4-15(19)18-14)6-11(12)13(17)7-10-2-1-5-20-10/h6,8,10,13H,1-5,7,17H2,(H,18,19). The van der Waals surface area contributed by atoms with E-state index in [0.29, 0.717) is 30.5 Å². The Bertz CT molecular complexity index is 527. The number of amides is 1. The number of anilines is 1. The highest BCUT2D eigenvalue weighted by atomic mass is 19.1. The molecule has 1 aromatic carbocycles. The molecule has 0 aliphatic carbocycles. The highest BCUT2D eigenvalue weighted by Crippen LogP contribution is 2.31. The van der Waals surface area contributed by atoms with Gasteiger partial charge in [-0.2, -0.15) is 0 Å². The zero-order chi connectivity index (χ0) is 14.1. The highest BCUT2D eigenvalue weighted by Gasteiger charge is 2.24. The quantitative estimate of drug-likeness (QED) is 0.891. The number of benzene rings is 1. The van der Waals surface area contributed by atoms with Gasteiger partial charge in [0.05, 0.1) is 6.10 Å². The van der Waals surface area contributed by atoms with E-state index in [4.69, 9.17) is 10.5 Å². The second-order valence-electron chi connectivity index (χ2n) is 5.56. The van der Waals surface area contributed by atoms with Crippen LogP contribution in [0, 0.1) is 5.82 Å². The molecule has 2 aliphatic rings. The lowest BCUT2D eigenvalue weighted by Gasteiger charge is -2.22. The number of hydrogen-bond acceptors (Lipinski definition) is 3. The lowest BCUT2D eigenvalue weighted by atomic mass is 9.94. The minimum absolute atomic E-state index is 0.0618. The van der Waals surface area contributed by atoms with Crippen LogP contribution >= 0.6 is 0 Å². The molecule has 1 fully saturated rings. The number of rotatable bonds is 3. The molecule has 1 saturated heterocycles. The van der Waals surface area contributed by atoms with Crippen molar-refractivity contribution in [3.8, 4) is 0 Å². The number of carbonyl (C=O) groups is 1. The summed E-state index contributed by atoms with van der Waals surface area (Å²) in [7, 11) is 0. The van der Waals surface area contributed by atoms with Gasteiger partial charge < -0.3 is 15.8 Å². The minimum Gasteiger partial charge on any atom is -0.378 e. The number of hydrogen-bond donors (Lipinski definition) is 2. The average molecular weight is 278 g/mol. The molecule has 1 amide bonds. The van der Waals surface area contributed by atoms with Gasteiger partial charge in [0.15, 0.2) is 0 Å². The lowest BCUT2D eigenvalue weighted by molar-refractivity contribution is -0.116. The summed E-state index contributed by atoms with van der Waals surface area (Å²) in [6, 6.07) is 2.82. The molecule has 20 heavy (non-hydrogen) atoms. The van der Waals surface area contributed by atoms with Crippen LogP contribution < -0.4 is 11.1 Å². The van der Waals surface area contributed by atoms with Crippen molar-refractivity contribution in [2.24, 2.45) is 5.73 Å². The molecule has 3 N–H and O–H groups in total. The van der Waals surface area contributed by atoms with E-state index in [-0.39, 0.29) is 23.9 Å². The summed E-state index contributed by atoms with van der Waals surface area (Å²) in [5, 5.41) is 2.70. The molecule has 2 aliphatic heterocycles. The molecule has 0 saturated carbocycles. The largest absolute Gasteiger partial charge is 0.378 e. The Labute approximate surface area is 117 Å². The van der Waals surface area contributed by atoms with Crippen molar-refractivity contribution in [2.75, 3.05) is 11.9 Å². The van der Waals surface area contributed by atoms with Crippen LogP contribution in [0.4, 0.5) is 10.1 Å². The zero-order valence-corrected chi connectivity index (χ0v) is 11.3. The molecule has 2 heterocycles. The summed E-state index contributed by atoms with van der Waals surface area (Å²) in [6.45, 7) is 0.774. The number of nitrogens with one attached hydrogen (secondary N) is 1. The lowest BCUT2D eigenvalue weighted by Crippen LogP contribution is -2.22. The maximum atomic E-state index is 14.2. The number of halogens is 1. The topological polar surface area (TPSA) is 64.3 Å². The summed E-state index contributed by atoms with van der Waals surface area (Å²) >= 11 is 0. The van der Waals surface area contributed by atoms with Crippen LogP contribution in [0.3, 0.4) is 0 Å². The van der Waals surface area contributed by atoms with Gasteiger partial charge in [0, 0.05) is 30.3 Å². The Balaban J connectivity index is 1.80. The van der Waals surface area contributed by atoms with Crippen molar-refractivity contribution in [1.29, 1.82) is 0 Å². The van der Waals surface area contributed by atoms with Crippen LogP contribution in [-0.2, 0) is 16.0 Å². The van der Waals surface area contributed by atoms with Gasteiger partial charge >= 0.3 is 0 Å². The molecule has 2 atom stereocenters. The van der Waals surface area contributed by atoms with Crippen LogP contribution in [0.15, 0.2) is 12.1 Å². The van der Waals surface area contributed by atoms with E-state index in [1.54, 1.807) is 6.07 Å². The van der Waals surface area contributed by atoms with Crippen LogP contribution in [0.1, 0.15) is 42.9 Å². The Morgan fingerprint density at radius 1 is 1.45 bits per heavy atom. The Kier molecular flexibility index (Phi) is 3.72. The summed E-state index contributed by atoms with van der Waals surface area (Å²) in [6.07, 6.45) is 3.91. The zero-order valence-electron chi connectivity index (χ0n) is 11.3. The molecule has 108 valence electrons. The van der Waals surface area contributed by atoms with E-state index in [2.05, 4.69) is 5.32 Å². The number of fused-ring (bicyclic) bond motifs is 1. The molecule has 0 bridgehead atoms. The third-order valence-corrected chi connectivity index (χ3v) is 4.06. The van der Waals surface area contributed by atoms with Crippen molar-refractivity contribution in [2.45, 2.75) is 44.2 Å². The van der Waals surface area contributed by atoms with Gasteiger partial charge in [0.2, 0.25) is 5.91 Å². The first-order chi connectivity index (χ1) is 9.63. The molecule has 4 nitrogen and oxygen atoms in total. The van der Waals surface area contributed by atoms with Crippen LogP contribution in [0.2, 0.25) is 0 Å². The number of ether oxygens (including phenoxy) is 1. The van der Waals surface area contributed by atoms with Crippen molar-refractivity contribution >= 4 is 11.6 Å². The Morgan fingerprint density at radius 3 is 3.05 bits per heavy atom. The second-order valence-corrected chi connectivity index (χ2v) is 5.56. The van der Waals surface area contributed by atoms with Crippen LogP contribution in [-0.4, -0.2) is 18.6 Å². The van der Waals surface area contributed by atoms with E-state index in [1.807, 2.05) is 0 Å². The Morgan fingerprint density at radius 2 is 2.30 bits per heavy atom. The number of carbonyl (C=O) groups excluding carboxylic acids is 1. The molecule has 0 spiro atoms. The van der Waals surface area contributed by atoms with E-state index >= 15 is 0 Å². The van der Waals surface area contributed by atoms with Crippen molar-refractivity contribution in [3.05, 3.63) is 29.1 Å². The average Bonchev–Trinajstić information content (AvgIpc) is 2.90. The maximum Gasteiger partial charge on any atom is 0.224 e. The normalized spacial score (nSPS) is 23.3. The van der Waals surface area contributed by atoms with Crippen molar-refractivity contribution in [1.82, 2.24) is 0 Å². The predicted molar refractivity (Wildman–Crippen MR) is 73.9 cm³/mol. The fourth-order valence-electron chi connectivity index (χ4n) is 2.95. The van der Waals surface area contributed by atoms with Gasteiger partial charge in [-0.1, -0.05) is 0 Å². The van der Waals surface area contributed by atoms with Crippen molar-refractivity contribution in [3.63, 3.8) is 0 Å². The summed E-state index contributed by atoms with van der Waals surface area (Å²) in [5.74, 6) is -0.412. The first kappa shape index (κ1) is 13.5. The second kappa shape index (κ2) is 5.50. The Hall–Kier alpha value is -1.46. The monoisotopic (exact) mass is 278 g/mol. The molecule has 0 radical (unpaired) electrons. The van der Waals surface area contributed by atoms with E-state index in [1.165, 1.54) is 6.07 Å². The smallest absolute Gasteiger partial charge is 0.224 e. The van der Waals surface area contributed by atoms with E-state index < -0.39 is 0 Å². The van der Waals surface area contributed by atoms with Crippen molar-refractivity contribution < 1.29 is 13.9 Å². The molecular weight excluding hydrogens is 259 g/mol. The molecule has 1 aromatic rings. The van der Waals surface area contributed by atoms with Crippen LogP contribution in [0.5, 0.6) is 0 Å². The summed E-state index contributed by atoms with van der Waals surface area (Å²) < 4.78 is 19.7. The van der Waals surface area contributed by atoms with E-state index in [0.717, 1.165) is 25.0 Å².